The highest BCUT2D eigenvalue weighted by molar-refractivity contribution is 6.05. The lowest BCUT2D eigenvalue weighted by Crippen LogP contribution is -2.52. The van der Waals surface area contributed by atoms with Crippen LogP contribution in [0.3, 0.4) is 0 Å². The number of hydrogen-bond donors (Lipinski definition) is 2. The number of ether oxygens (including phenoxy) is 1. The van der Waals surface area contributed by atoms with E-state index < -0.39 is 6.04 Å². The quantitative estimate of drug-likeness (QED) is 0.685. The van der Waals surface area contributed by atoms with Gasteiger partial charge in [-0.3, -0.25) is 19.7 Å². The Bertz CT molecular complexity index is 790. The minimum Gasteiger partial charge on any atom is -0.378 e. The lowest BCUT2D eigenvalue weighted by atomic mass is 10.0. The summed E-state index contributed by atoms with van der Waals surface area (Å²) in [6.45, 7) is 4.19. The molecule has 1 aromatic carbocycles. The standard InChI is InChI=1S/C20H26N4O4/c1-23(11-15-12-28-8-7-21-15)9-13-3-2-4-14-10-24(20(27)18(13)14)16-5-6-17(25)22-19(16)26/h2-4,15-16,21H,5-12H2,1H3,(H,22,25,26). The van der Waals surface area contributed by atoms with E-state index in [1.54, 1.807) is 4.90 Å². The van der Waals surface area contributed by atoms with Crippen LogP contribution in [0.4, 0.5) is 0 Å². The van der Waals surface area contributed by atoms with Gasteiger partial charge in [0.15, 0.2) is 0 Å². The zero-order valence-electron chi connectivity index (χ0n) is 16.1. The van der Waals surface area contributed by atoms with Crippen molar-refractivity contribution in [1.29, 1.82) is 0 Å². The summed E-state index contributed by atoms with van der Waals surface area (Å²) >= 11 is 0. The number of imide groups is 1. The zero-order valence-corrected chi connectivity index (χ0v) is 16.1. The molecule has 8 heteroatoms. The fourth-order valence-corrected chi connectivity index (χ4v) is 4.29. The SMILES string of the molecule is CN(Cc1cccc2c1C(=O)N(C1CCC(=O)NC1=O)C2)CC1COCCN1. The van der Waals surface area contributed by atoms with Gasteiger partial charge in [-0.15, -0.1) is 0 Å². The van der Waals surface area contributed by atoms with E-state index in [0.717, 1.165) is 30.8 Å². The largest absolute Gasteiger partial charge is 0.378 e. The molecule has 3 aliphatic rings. The van der Waals surface area contributed by atoms with E-state index in [-0.39, 0.29) is 30.2 Å². The van der Waals surface area contributed by atoms with Crippen LogP contribution >= 0.6 is 0 Å². The Hall–Kier alpha value is -2.29. The molecule has 0 bridgehead atoms. The van der Waals surface area contributed by atoms with Crippen molar-refractivity contribution in [1.82, 2.24) is 20.4 Å². The van der Waals surface area contributed by atoms with Gasteiger partial charge in [0.25, 0.3) is 5.91 Å². The predicted molar refractivity (Wildman–Crippen MR) is 101 cm³/mol. The zero-order chi connectivity index (χ0) is 19.7. The van der Waals surface area contributed by atoms with Gasteiger partial charge in [0.2, 0.25) is 11.8 Å². The van der Waals surface area contributed by atoms with Crippen molar-refractivity contribution in [2.75, 3.05) is 33.4 Å². The van der Waals surface area contributed by atoms with E-state index >= 15 is 0 Å². The van der Waals surface area contributed by atoms with Crippen molar-refractivity contribution in [2.24, 2.45) is 0 Å². The minimum absolute atomic E-state index is 0.118. The van der Waals surface area contributed by atoms with Crippen molar-refractivity contribution in [3.63, 3.8) is 0 Å². The monoisotopic (exact) mass is 386 g/mol. The van der Waals surface area contributed by atoms with Crippen LogP contribution in [-0.2, 0) is 27.4 Å². The number of amides is 3. The van der Waals surface area contributed by atoms with Gasteiger partial charge < -0.3 is 19.9 Å². The van der Waals surface area contributed by atoms with Crippen molar-refractivity contribution in [3.8, 4) is 0 Å². The van der Waals surface area contributed by atoms with Crippen LogP contribution in [0.1, 0.15) is 34.3 Å². The summed E-state index contributed by atoms with van der Waals surface area (Å²) in [6, 6.07) is 5.59. The van der Waals surface area contributed by atoms with Gasteiger partial charge in [0.1, 0.15) is 6.04 Å². The van der Waals surface area contributed by atoms with Crippen LogP contribution in [0.15, 0.2) is 18.2 Å². The first-order valence-electron chi connectivity index (χ1n) is 9.78. The van der Waals surface area contributed by atoms with Crippen LogP contribution in [0.25, 0.3) is 0 Å². The molecule has 0 spiro atoms. The molecule has 2 fully saturated rings. The molecule has 3 heterocycles. The van der Waals surface area contributed by atoms with Crippen molar-refractivity contribution >= 4 is 17.7 Å². The lowest BCUT2D eigenvalue weighted by Gasteiger charge is -2.29. The first-order valence-corrected chi connectivity index (χ1v) is 9.78. The molecule has 28 heavy (non-hydrogen) atoms. The summed E-state index contributed by atoms with van der Waals surface area (Å²) in [5.74, 6) is -0.764. The highest BCUT2D eigenvalue weighted by atomic mass is 16.5. The summed E-state index contributed by atoms with van der Waals surface area (Å²) in [4.78, 5) is 40.6. The van der Waals surface area contributed by atoms with Crippen LogP contribution in [-0.4, -0.2) is 73.0 Å². The molecule has 3 amide bonds. The van der Waals surface area contributed by atoms with Gasteiger partial charge in [0, 0.05) is 44.2 Å². The molecule has 0 aliphatic carbocycles. The van der Waals surface area contributed by atoms with Gasteiger partial charge in [0.05, 0.1) is 13.2 Å². The van der Waals surface area contributed by atoms with Crippen molar-refractivity contribution < 1.29 is 19.1 Å². The second-order valence-corrected chi connectivity index (χ2v) is 7.77. The number of nitrogens with zero attached hydrogens (tertiary/aromatic N) is 2. The molecule has 2 atom stereocenters. The molecule has 1 aromatic rings. The number of rotatable bonds is 5. The number of benzene rings is 1. The Kier molecular flexibility index (Phi) is 5.43. The average Bonchev–Trinajstić information content (AvgIpc) is 3.00. The van der Waals surface area contributed by atoms with E-state index in [0.29, 0.717) is 31.7 Å². The topological polar surface area (TPSA) is 91.0 Å². The molecule has 2 N–H and O–H groups in total. The lowest BCUT2D eigenvalue weighted by molar-refractivity contribution is -0.136. The summed E-state index contributed by atoms with van der Waals surface area (Å²) in [7, 11) is 2.03. The number of carbonyl (C=O) groups excluding carboxylic acids is 3. The molecule has 2 unspecified atom stereocenters. The minimum atomic E-state index is -0.577. The van der Waals surface area contributed by atoms with E-state index in [9.17, 15) is 14.4 Å². The number of piperidine rings is 1. The fraction of sp³-hybridized carbons (Fsp3) is 0.550. The Morgan fingerprint density at radius 3 is 2.89 bits per heavy atom. The van der Waals surface area contributed by atoms with Crippen molar-refractivity contribution in [3.05, 3.63) is 34.9 Å². The molecule has 0 saturated carbocycles. The Morgan fingerprint density at radius 2 is 2.14 bits per heavy atom. The van der Waals surface area contributed by atoms with Gasteiger partial charge in [-0.25, -0.2) is 0 Å². The number of hydrogen-bond acceptors (Lipinski definition) is 6. The predicted octanol–water partition coefficient (Wildman–Crippen LogP) is -0.132. The van der Waals surface area contributed by atoms with Crippen LogP contribution in [0.5, 0.6) is 0 Å². The van der Waals surface area contributed by atoms with Gasteiger partial charge in [-0.05, 0) is 24.6 Å². The first-order chi connectivity index (χ1) is 13.5. The maximum Gasteiger partial charge on any atom is 0.255 e. The maximum atomic E-state index is 13.1. The van der Waals surface area contributed by atoms with Gasteiger partial charge >= 0.3 is 0 Å². The highest BCUT2D eigenvalue weighted by Gasteiger charge is 2.40. The first kappa shape index (κ1) is 19.0. The molecule has 0 aromatic heterocycles. The number of nitrogens with one attached hydrogen (secondary N) is 2. The highest BCUT2D eigenvalue weighted by Crippen LogP contribution is 2.30. The Balaban J connectivity index is 1.47. The van der Waals surface area contributed by atoms with Crippen molar-refractivity contribution in [2.45, 2.75) is 38.0 Å². The molecule has 4 rings (SSSR count). The van der Waals surface area contributed by atoms with Gasteiger partial charge in [-0.1, -0.05) is 18.2 Å². The normalized spacial score (nSPS) is 25.2. The second kappa shape index (κ2) is 7.98. The summed E-state index contributed by atoms with van der Waals surface area (Å²) in [5, 5.41) is 5.79. The van der Waals surface area contributed by atoms with Crippen LogP contribution < -0.4 is 10.6 Å². The van der Waals surface area contributed by atoms with E-state index in [2.05, 4.69) is 15.5 Å². The molecule has 150 valence electrons. The van der Waals surface area contributed by atoms with Crippen LogP contribution in [0.2, 0.25) is 0 Å². The number of fused-ring (bicyclic) bond motifs is 1. The summed E-state index contributed by atoms with van der Waals surface area (Å²) < 4.78 is 5.51. The van der Waals surface area contributed by atoms with Gasteiger partial charge in [-0.2, -0.15) is 0 Å². The number of morpholine rings is 1. The Morgan fingerprint density at radius 1 is 1.29 bits per heavy atom. The fourth-order valence-electron chi connectivity index (χ4n) is 4.29. The summed E-state index contributed by atoms with van der Waals surface area (Å²) in [5.41, 5.74) is 2.61. The van der Waals surface area contributed by atoms with E-state index in [1.165, 1.54) is 0 Å². The molecule has 8 nitrogen and oxygen atoms in total. The van der Waals surface area contributed by atoms with Crippen LogP contribution in [0, 0.1) is 0 Å². The van der Waals surface area contributed by atoms with E-state index in [4.69, 9.17) is 4.74 Å². The third-order valence-corrected chi connectivity index (χ3v) is 5.61. The second-order valence-electron chi connectivity index (χ2n) is 7.77. The molecule has 2 saturated heterocycles. The Labute approximate surface area is 164 Å². The molecular formula is C20H26N4O4. The number of carbonyl (C=O) groups is 3. The molecule has 3 aliphatic heterocycles. The third kappa shape index (κ3) is 3.80. The maximum absolute atomic E-state index is 13.1. The average molecular weight is 386 g/mol. The van der Waals surface area contributed by atoms with E-state index in [1.807, 2.05) is 25.2 Å². The molecular weight excluding hydrogens is 360 g/mol. The molecule has 0 radical (unpaired) electrons. The number of likely N-dealkylation sites (N-methyl/N-ethyl adjacent to an activating group) is 1. The summed E-state index contributed by atoms with van der Waals surface area (Å²) in [6.07, 6.45) is 0.648. The third-order valence-electron chi connectivity index (χ3n) is 5.61. The smallest absolute Gasteiger partial charge is 0.255 e.